The summed E-state index contributed by atoms with van der Waals surface area (Å²) < 4.78 is 12.7. The third-order valence-corrected chi connectivity index (χ3v) is 3.80. The quantitative estimate of drug-likeness (QED) is 0.575. The van der Waals surface area contributed by atoms with Gasteiger partial charge < -0.3 is 14.8 Å². The Balaban J connectivity index is 1.59. The van der Waals surface area contributed by atoms with Crippen LogP contribution < -0.4 is 14.8 Å². The molecular weight excluding hydrogens is 334 g/mol. The van der Waals surface area contributed by atoms with Crippen LogP contribution in [0.3, 0.4) is 0 Å². The molecule has 0 radical (unpaired) electrons. The number of hydrogen-bond acceptors (Lipinski definition) is 6. The van der Waals surface area contributed by atoms with Crippen LogP contribution in [0.2, 0.25) is 0 Å². The molecule has 0 aliphatic carbocycles. The highest BCUT2D eigenvalue weighted by Gasteiger charge is 2.15. The number of carbonyl (C=O) groups excluding carboxylic acids is 1. The number of carbonyl (C=O) groups is 1. The number of fused-ring (bicyclic) bond motifs is 2. The maximum atomic E-state index is 12.5. The molecule has 3 aromatic rings. The maximum absolute atomic E-state index is 12.5. The summed E-state index contributed by atoms with van der Waals surface area (Å²) in [5, 5.41) is 12.1. The Morgan fingerprint density at radius 3 is 2.96 bits per heavy atom. The van der Waals surface area contributed by atoms with Gasteiger partial charge in [0.15, 0.2) is 17.1 Å². The highest BCUT2D eigenvalue weighted by Crippen LogP contribution is 2.32. The maximum Gasteiger partial charge on any atom is 0.266 e. The predicted octanol–water partition coefficient (Wildman–Crippen LogP) is 2.05. The van der Waals surface area contributed by atoms with Crippen molar-refractivity contribution >= 4 is 23.3 Å². The number of nitrogens with zero attached hydrogens (tertiary/aromatic N) is 4. The lowest BCUT2D eigenvalue weighted by Crippen LogP contribution is -2.17. The van der Waals surface area contributed by atoms with E-state index in [1.54, 1.807) is 47.4 Å². The van der Waals surface area contributed by atoms with Gasteiger partial charge in [0.2, 0.25) is 0 Å². The SMILES string of the molecule is N#C/C(=C/c1cnc2cnccn12)C(=O)Nc1ccc2c(c1)OCCO2. The molecule has 4 rings (SSSR count). The van der Waals surface area contributed by atoms with Crippen LogP contribution in [-0.4, -0.2) is 33.5 Å². The minimum atomic E-state index is -0.520. The predicted molar refractivity (Wildman–Crippen MR) is 92.6 cm³/mol. The molecule has 1 aromatic carbocycles. The first kappa shape index (κ1) is 15.7. The van der Waals surface area contributed by atoms with Gasteiger partial charge in [-0.05, 0) is 18.2 Å². The number of nitriles is 1. The topological polar surface area (TPSA) is 102 Å². The monoisotopic (exact) mass is 347 g/mol. The van der Waals surface area contributed by atoms with E-state index in [2.05, 4.69) is 15.3 Å². The number of anilines is 1. The molecule has 0 unspecified atom stereocenters. The average Bonchev–Trinajstić information content (AvgIpc) is 3.09. The van der Waals surface area contributed by atoms with Crippen molar-refractivity contribution in [3.8, 4) is 17.6 Å². The molecule has 1 N–H and O–H groups in total. The lowest BCUT2D eigenvalue weighted by molar-refractivity contribution is -0.112. The van der Waals surface area contributed by atoms with Gasteiger partial charge in [-0.2, -0.15) is 5.26 Å². The number of imidazole rings is 1. The normalized spacial score (nSPS) is 13.3. The number of hydrogen-bond donors (Lipinski definition) is 1. The van der Waals surface area contributed by atoms with E-state index in [9.17, 15) is 10.1 Å². The molecule has 3 heterocycles. The van der Waals surface area contributed by atoms with Gasteiger partial charge in [-0.1, -0.05) is 0 Å². The molecule has 0 fully saturated rings. The smallest absolute Gasteiger partial charge is 0.266 e. The summed E-state index contributed by atoms with van der Waals surface area (Å²) in [7, 11) is 0. The average molecular weight is 347 g/mol. The van der Waals surface area contributed by atoms with Crippen molar-refractivity contribution < 1.29 is 14.3 Å². The van der Waals surface area contributed by atoms with E-state index in [1.165, 1.54) is 6.08 Å². The molecule has 0 bridgehead atoms. The van der Waals surface area contributed by atoms with Gasteiger partial charge >= 0.3 is 0 Å². The Bertz CT molecular complexity index is 1060. The zero-order valence-electron chi connectivity index (χ0n) is 13.5. The van der Waals surface area contributed by atoms with E-state index in [4.69, 9.17) is 9.47 Å². The van der Waals surface area contributed by atoms with E-state index in [-0.39, 0.29) is 5.57 Å². The molecule has 8 heteroatoms. The summed E-state index contributed by atoms with van der Waals surface area (Å²) in [5.41, 5.74) is 1.71. The Hall–Kier alpha value is -3.86. The fourth-order valence-corrected chi connectivity index (χ4v) is 2.58. The van der Waals surface area contributed by atoms with Gasteiger partial charge in [0.1, 0.15) is 24.9 Å². The van der Waals surface area contributed by atoms with Crippen LogP contribution in [0.25, 0.3) is 11.7 Å². The highest BCUT2D eigenvalue weighted by molar-refractivity contribution is 6.09. The minimum Gasteiger partial charge on any atom is -0.486 e. The fraction of sp³-hybridized carbons (Fsp3) is 0.111. The van der Waals surface area contributed by atoms with E-state index < -0.39 is 5.91 Å². The molecule has 0 saturated heterocycles. The van der Waals surface area contributed by atoms with Crippen LogP contribution in [0.15, 0.2) is 48.6 Å². The lowest BCUT2D eigenvalue weighted by atomic mass is 10.2. The van der Waals surface area contributed by atoms with Gasteiger partial charge in [-0.25, -0.2) is 4.98 Å². The first-order chi connectivity index (χ1) is 12.7. The summed E-state index contributed by atoms with van der Waals surface area (Å²) in [6, 6.07) is 7.01. The molecule has 8 nitrogen and oxygen atoms in total. The van der Waals surface area contributed by atoms with Crippen LogP contribution in [0.4, 0.5) is 5.69 Å². The van der Waals surface area contributed by atoms with E-state index in [0.717, 1.165) is 0 Å². The summed E-state index contributed by atoms with van der Waals surface area (Å²) in [4.78, 5) is 20.6. The Kier molecular flexibility index (Phi) is 3.95. The third kappa shape index (κ3) is 2.93. The van der Waals surface area contributed by atoms with Crippen LogP contribution >= 0.6 is 0 Å². The highest BCUT2D eigenvalue weighted by atomic mass is 16.6. The number of benzene rings is 1. The van der Waals surface area contributed by atoms with Crippen LogP contribution in [-0.2, 0) is 4.79 Å². The van der Waals surface area contributed by atoms with Gasteiger partial charge in [0, 0.05) is 24.1 Å². The van der Waals surface area contributed by atoms with E-state index >= 15 is 0 Å². The van der Waals surface area contributed by atoms with Gasteiger partial charge in [0.05, 0.1) is 18.1 Å². The molecular formula is C18H13N5O3. The number of amides is 1. The molecule has 0 saturated carbocycles. The van der Waals surface area contributed by atoms with Crippen LogP contribution in [0.5, 0.6) is 11.5 Å². The zero-order chi connectivity index (χ0) is 17.9. The second-order valence-electron chi connectivity index (χ2n) is 5.47. The lowest BCUT2D eigenvalue weighted by Gasteiger charge is -2.18. The molecule has 0 spiro atoms. The second kappa shape index (κ2) is 6.57. The Morgan fingerprint density at radius 1 is 1.27 bits per heavy atom. The van der Waals surface area contributed by atoms with Crippen LogP contribution in [0.1, 0.15) is 5.69 Å². The second-order valence-corrected chi connectivity index (χ2v) is 5.47. The van der Waals surface area contributed by atoms with Crippen molar-refractivity contribution in [3.63, 3.8) is 0 Å². The summed E-state index contributed by atoms with van der Waals surface area (Å²) >= 11 is 0. The van der Waals surface area contributed by atoms with Crippen molar-refractivity contribution in [1.82, 2.24) is 14.4 Å². The standard InChI is InChI=1S/C18H13N5O3/c19-9-12(7-14-10-21-17-11-20-3-4-23(14)17)18(24)22-13-1-2-15-16(8-13)26-6-5-25-15/h1-4,7-8,10-11H,5-6H2,(H,22,24)/b12-7-. The van der Waals surface area contributed by atoms with Gasteiger partial charge in [-0.15, -0.1) is 0 Å². The molecule has 0 atom stereocenters. The largest absolute Gasteiger partial charge is 0.486 e. The fourth-order valence-electron chi connectivity index (χ4n) is 2.58. The Labute approximate surface area is 148 Å². The Morgan fingerprint density at radius 2 is 2.12 bits per heavy atom. The molecule has 1 aliphatic rings. The summed E-state index contributed by atoms with van der Waals surface area (Å²) in [5.74, 6) is 0.670. The first-order valence-corrected chi connectivity index (χ1v) is 7.84. The van der Waals surface area contributed by atoms with Gasteiger partial charge in [0.25, 0.3) is 5.91 Å². The van der Waals surface area contributed by atoms with Crippen molar-refractivity contribution in [2.75, 3.05) is 18.5 Å². The number of nitrogens with one attached hydrogen (secondary N) is 1. The number of ether oxygens (including phenoxy) is 2. The van der Waals surface area contributed by atoms with Crippen LogP contribution in [0, 0.1) is 11.3 Å². The summed E-state index contributed by atoms with van der Waals surface area (Å²) in [6.45, 7) is 0.950. The number of rotatable bonds is 3. The molecule has 26 heavy (non-hydrogen) atoms. The molecule has 2 aromatic heterocycles. The zero-order valence-corrected chi connectivity index (χ0v) is 13.5. The minimum absolute atomic E-state index is 0.0431. The summed E-state index contributed by atoms with van der Waals surface area (Å²) in [6.07, 6.45) is 7.97. The van der Waals surface area contributed by atoms with Crippen molar-refractivity contribution in [2.24, 2.45) is 0 Å². The first-order valence-electron chi connectivity index (χ1n) is 7.84. The van der Waals surface area contributed by atoms with Crippen molar-refractivity contribution in [3.05, 3.63) is 54.3 Å². The molecule has 1 aliphatic heterocycles. The van der Waals surface area contributed by atoms with Crippen molar-refractivity contribution in [1.29, 1.82) is 5.26 Å². The molecule has 128 valence electrons. The van der Waals surface area contributed by atoms with E-state index in [1.807, 2.05) is 6.07 Å². The van der Waals surface area contributed by atoms with E-state index in [0.29, 0.717) is 41.7 Å². The molecule has 1 amide bonds. The van der Waals surface area contributed by atoms with Crippen molar-refractivity contribution in [2.45, 2.75) is 0 Å². The van der Waals surface area contributed by atoms with Gasteiger partial charge in [-0.3, -0.25) is 14.2 Å². The third-order valence-electron chi connectivity index (χ3n) is 3.80. The number of aromatic nitrogens is 3.